The second-order valence-corrected chi connectivity index (χ2v) is 39.6. The van der Waals surface area contributed by atoms with Gasteiger partial charge in [-0.15, -0.1) is 0 Å². The smallest absolute Gasteiger partial charge is 0.0725 e. The first kappa shape index (κ1) is 78.3. The summed E-state index contributed by atoms with van der Waals surface area (Å²) in [5.74, 6) is 0. The van der Waals surface area contributed by atoms with Gasteiger partial charge in [0.1, 0.15) is 0 Å². The molecule has 21 aromatic carbocycles. The van der Waals surface area contributed by atoms with Crippen LogP contribution in [0, 0.1) is 0 Å². The third-order valence-corrected chi connectivity index (χ3v) is 32.2. The van der Waals surface area contributed by atoms with Crippen LogP contribution >= 0.6 is 0 Å². The van der Waals surface area contributed by atoms with Crippen LogP contribution in [0.1, 0.15) is 94.5 Å². The van der Waals surface area contributed by atoms with Gasteiger partial charge in [-0.25, -0.2) is 0 Å². The first-order chi connectivity index (χ1) is 68.0. The lowest BCUT2D eigenvalue weighted by Crippen LogP contribution is -2.26. The Morgan fingerprint density at radius 1 is 0.159 bits per heavy atom. The van der Waals surface area contributed by atoms with Crippen molar-refractivity contribution in [1.82, 2.24) is 9.13 Å². The van der Waals surface area contributed by atoms with E-state index < -0.39 is 10.8 Å². The summed E-state index contributed by atoms with van der Waals surface area (Å²) in [4.78, 5) is 4.87. The summed E-state index contributed by atoms with van der Waals surface area (Å²) in [6.45, 7) is 9.77. The number of aromatic nitrogens is 2. The molecule has 0 bridgehead atoms. The Morgan fingerprint density at radius 3 is 0.790 bits per heavy atom. The molecule has 0 aliphatic heterocycles. The van der Waals surface area contributed by atoms with E-state index in [2.05, 4.69) is 520 Å². The van der Waals surface area contributed by atoms with Gasteiger partial charge < -0.3 is 18.9 Å². The zero-order valence-corrected chi connectivity index (χ0v) is 76.8. The van der Waals surface area contributed by atoms with Crippen molar-refractivity contribution in [3.05, 3.63) is 540 Å². The van der Waals surface area contributed by atoms with E-state index in [9.17, 15) is 0 Å². The van der Waals surface area contributed by atoms with Crippen molar-refractivity contribution in [2.24, 2.45) is 0 Å². The molecule has 0 amide bonds. The SMILES string of the molecule is CC1(C)c2cc(-n3c4ccccc4c4cc(N(c5ccc(-c6ccccc6)cc5)c5ccc(-c6ccc(N(c7ccc(-c8ccccc8)cc7)c7ccc8c(c7)c7cc(-c9ccccc9)ccc7n8-c7ccc8c(c7)C(C)(C)c7ccc9c(c7-8)-c7ccccc7C97c8ccccc8-c8ccccc87)cc6)cc5)ccc43)ccc2-c2c1ccc1c2-c2ccccc2C12c1ccccc1-c1ccccc12. The minimum Gasteiger partial charge on any atom is -0.310 e. The fourth-order valence-electron chi connectivity index (χ4n) is 26.1. The molecule has 0 saturated heterocycles. The lowest BCUT2D eigenvalue weighted by Gasteiger charge is -2.31. The lowest BCUT2D eigenvalue weighted by molar-refractivity contribution is 0.659. The third kappa shape index (κ3) is 10.8. The second-order valence-electron chi connectivity index (χ2n) is 39.6. The monoisotopic (exact) mass is 1750 g/mol. The van der Waals surface area contributed by atoms with Gasteiger partial charge in [-0.05, 0) is 305 Å². The number of anilines is 6. The second kappa shape index (κ2) is 29.2. The molecule has 29 rings (SSSR count). The minimum absolute atomic E-state index is 0.288. The molecule has 0 N–H and O–H groups in total. The van der Waals surface area contributed by atoms with Gasteiger partial charge in [0.05, 0.1) is 32.9 Å². The fraction of sp³-hybridized carbons (Fsp3) is 0.0597. The molecule has 646 valence electrons. The van der Waals surface area contributed by atoms with Crippen LogP contribution in [0.2, 0.25) is 0 Å². The molecule has 138 heavy (non-hydrogen) atoms. The van der Waals surface area contributed by atoms with E-state index in [1.165, 1.54) is 194 Å². The van der Waals surface area contributed by atoms with Gasteiger partial charge in [-0.1, -0.05) is 373 Å². The molecule has 2 spiro atoms. The zero-order valence-electron chi connectivity index (χ0n) is 76.8. The van der Waals surface area contributed by atoms with Crippen molar-refractivity contribution >= 4 is 77.7 Å². The summed E-state index contributed by atoms with van der Waals surface area (Å²) in [6, 6.07) is 179. The number of benzene rings is 21. The molecular weight excluding hydrogens is 1670 g/mol. The molecule has 0 radical (unpaired) electrons. The van der Waals surface area contributed by atoms with Crippen molar-refractivity contribution < 1.29 is 0 Å². The van der Waals surface area contributed by atoms with Gasteiger partial charge in [0.25, 0.3) is 0 Å². The van der Waals surface area contributed by atoms with Gasteiger partial charge >= 0.3 is 0 Å². The van der Waals surface area contributed by atoms with E-state index in [-0.39, 0.29) is 10.8 Å². The molecule has 0 fully saturated rings. The van der Waals surface area contributed by atoms with Crippen LogP contribution in [-0.2, 0) is 21.7 Å². The Hall–Kier alpha value is -17.2. The molecule has 2 aromatic heterocycles. The van der Waals surface area contributed by atoms with Crippen LogP contribution < -0.4 is 9.80 Å². The molecule has 0 unspecified atom stereocenters. The van der Waals surface area contributed by atoms with Gasteiger partial charge in [0.15, 0.2) is 0 Å². The van der Waals surface area contributed by atoms with Crippen LogP contribution in [0.3, 0.4) is 0 Å². The fourth-order valence-corrected chi connectivity index (χ4v) is 26.1. The molecule has 6 aliphatic rings. The average molecular weight is 1760 g/mol. The van der Waals surface area contributed by atoms with Gasteiger partial charge in [0, 0.05) is 77.9 Å². The van der Waals surface area contributed by atoms with Crippen molar-refractivity contribution in [2.45, 2.75) is 49.4 Å². The van der Waals surface area contributed by atoms with E-state index in [1.807, 2.05) is 0 Å². The van der Waals surface area contributed by atoms with E-state index in [1.54, 1.807) is 0 Å². The Labute approximate surface area is 802 Å². The summed E-state index contributed by atoms with van der Waals surface area (Å²) in [5.41, 5.74) is 53.5. The van der Waals surface area contributed by atoms with Crippen molar-refractivity contribution in [3.8, 4) is 123 Å². The first-order valence-corrected chi connectivity index (χ1v) is 48.5. The van der Waals surface area contributed by atoms with Crippen LogP contribution in [-0.4, -0.2) is 9.13 Å². The van der Waals surface area contributed by atoms with Crippen LogP contribution in [0.4, 0.5) is 34.1 Å². The Kier molecular flexibility index (Phi) is 16.6. The number of hydrogen-bond acceptors (Lipinski definition) is 2. The summed E-state index contributed by atoms with van der Waals surface area (Å²) < 4.78 is 5.04. The lowest BCUT2D eigenvalue weighted by atomic mass is 9.70. The number of rotatable bonds is 12. The van der Waals surface area contributed by atoms with Crippen molar-refractivity contribution in [2.75, 3.05) is 9.80 Å². The summed E-state index contributed by atoms with van der Waals surface area (Å²) >= 11 is 0. The molecule has 0 atom stereocenters. The third-order valence-electron chi connectivity index (χ3n) is 32.2. The summed E-state index contributed by atoms with van der Waals surface area (Å²) in [6.07, 6.45) is 0. The van der Waals surface area contributed by atoms with Crippen molar-refractivity contribution in [1.29, 1.82) is 0 Å². The Bertz CT molecular complexity index is 9010. The molecule has 6 aliphatic carbocycles. The molecule has 4 heteroatoms. The maximum Gasteiger partial charge on any atom is 0.0725 e. The maximum absolute atomic E-state index is 2.53. The van der Waals surface area contributed by atoms with E-state index in [0.717, 1.165) is 73.2 Å². The number of hydrogen-bond donors (Lipinski definition) is 0. The number of para-hydroxylation sites is 1. The standard InChI is InChI=1S/C134H90N4/c1-131(2)117-71-73-119-129(104-39-18-25-45-115(104)133(119)111-41-21-14-34-99(111)100-35-15-22-42-112(100)133)127(117)106-69-65-97(81-121(106)131)137-123-47-27-20-38-103(123)109-79-95(67-76-125(109)137)135(91-57-48-86(49-58-91)83-28-8-5-9-29-83)93-61-52-88(53-62-93)89-54-63-94(64-55-89)136(92-59-50-87(51-60-92)84-30-10-6-11-31-84)96-68-77-126-110(80-96)108-78-90(85-32-12-7-13-33-85)56-75-124(108)138(126)98-66-70-107-122(82-98)132(3,4)118-72-74-120-130(128(107)118)105-40-19-26-46-116(105)134(120)113-43-23-16-36-101(113)102-37-17-24-44-114(102)134/h5-82H,1-4H3. The highest BCUT2D eigenvalue weighted by Crippen LogP contribution is 2.69. The van der Waals surface area contributed by atoms with Crippen LogP contribution in [0.15, 0.2) is 473 Å². The summed E-state index contributed by atoms with van der Waals surface area (Å²) in [5, 5.41) is 4.76. The largest absolute Gasteiger partial charge is 0.310 e. The minimum atomic E-state index is -0.433. The summed E-state index contributed by atoms with van der Waals surface area (Å²) in [7, 11) is 0. The quantitative estimate of drug-likeness (QED) is 0.121. The molecule has 0 saturated carbocycles. The van der Waals surface area contributed by atoms with E-state index in [4.69, 9.17) is 0 Å². The highest BCUT2D eigenvalue weighted by atomic mass is 15.2. The Balaban J connectivity index is 0.529. The van der Waals surface area contributed by atoms with Gasteiger partial charge in [-0.3, -0.25) is 0 Å². The van der Waals surface area contributed by atoms with E-state index >= 15 is 0 Å². The topological polar surface area (TPSA) is 16.3 Å². The molecule has 4 nitrogen and oxygen atoms in total. The predicted octanol–water partition coefficient (Wildman–Crippen LogP) is 34.8. The predicted molar refractivity (Wildman–Crippen MR) is 574 cm³/mol. The average Bonchev–Trinajstić information content (AvgIpc) is 1.50. The molecule has 23 aromatic rings. The normalized spacial score (nSPS) is 14.2. The van der Waals surface area contributed by atoms with Crippen LogP contribution in [0.25, 0.3) is 166 Å². The molecule has 2 heterocycles. The van der Waals surface area contributed by atoms with E-state index in [0.29, 0.717) is 0 Å². The van der Waals surface area contributed by atoms with Gasteiger partial charge in [0.2, 0.25) is 0 Å². The number of fused-ring (bicyclic) bond motifs is 34. The van der Waals surface area contributed by atoms with Gasteiger partial charge in [-0.2, -0.15) is 0 Å². The highest BCUT2D eigenvalue weighted by molar-refractivity contribution is 6.15. The Morgan fingerprint density at radius 2 is 0.413 bits per heavy atom. The van der Waals surface area contributed by atoms with Crippen LogP contribution in [0.5, 0.6) is 0 Å². The highest BCUT2D eigenvalue weighted by Gasteiger charge is 2.56. The van der Waals surface area contributed by atoms with Crippen molar-refractivity contribution in [3.63, 3.8) is 0 Å². The first-order valence-electron chi connectivity index (χ1n) is 48.5. The molecular formula is C134H90N4. The number of nitrogens with zero attached hydrogens (tertiary/aromatic N) is 4. The maximum atomic E-state index is 2.53. The zero-order chi connectivity index (χ0) is 91.2.